The molecule has 0 aromatic heterocycles. The van der Waals surface area contributed by atoms with E-state index in [4.69, 9.17) is 0 Å². The van der Waals surface area contributed by atoms with Gasteiger partial charge in [0.25, 0.3) is 0 Å². The predicted octanol–water partition coefficient (Wildman–Crippen LogP) is 3.83. The molecule has 0 aliphatic carbocycles. The number of rotatable bonds is 3. The Morgan fingerprint density at radius 3 is 1.93 bits per heavy atom. The number of thiol groups is 1. The Morgan fingerprint density at radius 1 is 0.733 bits per heavy atom. The normalized spacial score (nSPS) is 10.2. The zero-order valence-corrected chi connectivity index (χ0v) is 9.45. The predicted molar refractivity (Wildman–Crippen MR) is 69.4 cm³/mol. The molecule has 0 saturated carbocycles. The second-order valence-electron chi connectivity index (χ2n) is 3.54. The highest BCUT2D eigenvalue weighted by atomic mass is 32.1. The maximum absolute atomic E-state index is 4.23. The van der Waals surface area contributed by atoms with Crippen LogP contribution in [0.25, 0.3) is 11.1 Å². The summed E-state index contributed by atoms with van der Waals surface area (Å²) in [6.07, 6.45) is 1.04. The molecule has 15 heavy (non-hydrogen) atoms. The van der Waals surface area contributed by atoms with Crippen LogP contribution >= 0.6 is 12.6 Å². The smallest absolute Gasteiger partial charge is 0.00574 e. The van der Waals surface area contributed by atoms with E-state index in [1.54, 1.807) is 0 Å². The second kappa shape index (κ2) is 5.04. The largest absolute Gasteiger partial charge is 0.179 e. The Balaban J connectivity index is 2.24. The third-order valence-corrected chi connectivity index (χ3v) is 2.69. The summed E-state index contributed by atoms with van der Waals surface area (Å²) in [6.45, 7) is 0. The average Bonchev–Trinajstić information content (AvgIpc) is 2.32. The van der Waals surface area contributed by atoms with Gasteiger partial charge in [-0.2, -0.15) is 12.6 Å². The minimum Gasteiger partial charge on any atom is -0.179 e. The van der Waals surface area contributed by atoms with Crippen LogP contribution in [-0.2, 0) is 6.42 Å². The van der Waals surface area contributed by atoms with E-state index in [9.17, 15) is 0 Å². The number of benzene rings is 2. The van der Waals surface area contributed by atoms with E-state index in [0.717, 1.165) is 12.2 Å². The molecule has 2 aromatic carbocycles. The van der Waals surface area contributed by atoms with Gasteiger partial charge in [-0.1, -0.05) is 54.6 Å². The first-order valence-corrected chi connectivity index (χ1v) is 5.78. The van der Waals surface area contributed by atoms with Crippen molar-refractivity contribution in [2.24, 2.45) is 0 Å². The molecular weight excluding hydrogens is 200 g/mol. The number of aryl methyl sites for hydroxylation is 1. The van der Waals surface area contributed by atoms with E-state index in [1.807, 2.05) is 6.07 Å². The van der Waals surface area contributed by atoms with Crippen molar-refractivity contribution in [3.8, 4) is 11.1 Å². The molecule has 0 spiro atoms. The molecule has 0 aliphatic rings. The van der Waals surface area contributed by atoms with E-state index in [2.05, 4.69) is 61.2 Å². The quantitative estimate of drug-likeness (QED) is 0.738. The van der Waals surface area contributed by atoms with Crippen LogP contribution in [0.3, 0.4) is 0 Å². The van der Waals surface area contributed by atoms with E-state index in [1.165, 1.54) is 16.7 Å². The highest BCUT2D eigenvalue weighted by Crippen LogP contribution is 2.19. The zero-order chi connectivity index (χ0) is 10.5. The summed E-state index contributed by atoms with van der Waals surface area (Å²) < 4.78 is 0. The van der Waals surface area contributed by atoms with Gasteiger partial charge < -0.3 is 0 Å². The van der Waals surface area contributed by atoms with Gasteiger partial charge in [-0.05, 0) is 28.9 Å². The molecule has 0 heterocycles. The van der Waals surface area contributed by atoms with E-state index in [-0.39, 0.29) is 0 Å². The topological polar surface area (TPSA) is 0 Å². The summed E-state index contributed by atoms with van der Waals surface area (Å²) >= 11 is 4.23. The van der Waals surface area contributed by atoms with E-state index in [0.29, 0.717) is 0 Å². The molecule has 0 bridgehead atoms. The lowest BCUT2D eigenvalue weighted by molar-refractivity contribution is 1.16. The molecule has 0 fully saturated rings. The van der Waals surface area contributed by atoms with E-state index < -0.39 is 0 Å². The van der Waals surface area contributed by atoms with Crippen molar-refractivity contribution in [1.29, 1.82) is 0 Å². The summed E-state index contributed by atoms with van der Waals surface area (Å²) in [5.74, 6) is 0.907. The molecule has 2 rings (SSSR count). The van der Waals surface area contributed by atoms with Gasteiger partial charge in [0.2, 0.25) is 0 Å². The van der Waals surface area contributed by atoms with Gasteiger partial charge in [0, 0.05) is 0 Å². The van der Waals surface area contributed by atoms with Gasteiger partial charge in [0.15, 0.2) is 0 Å². The molecule has 2 aromatic rings. The fraction of sp³-hybridized carbons (Fsp3) is 0.143. The second-order valence-corrected chi connectivity index (χ2v) is 3.98. The SMILES string of the molecule is SCCc1ccc(-c2ccccc2)cc1. The van der Waals surface area contributed by atoms with Gasteiger partial charge in [-0.25, -0.2) is 0 Å². The van der Waals surface area contributed by atoms with Gasteiger partial charge in [-0.3, -0.25) is 0 Å². The molecular formula is C14H14S. The van der Waals surface area contributed by atoms with Crippen LogP contribution in [0, 0.1) is 0 Å². The molecule has 0 aliphatic heterocycles. The van der Waals surface area contributed by atoms with Crippen LogP contribution in [-0.4, -0.2) is 5.75 Å². The van der Waals surface area contributed by atoms with Crippen molar-refractivity contribution < 1.29 is 0 Å². The lowest BCUT2D eigenvalue weighted by Gasteiger charge is -2.03. The summed E-state index contributed by atoms with van der Waals surface area (Å²) in [6, 6.07) is 19.1. The summed E-state index contributed by atoms with van der Waals surface area (Å²) in [5.41, 5.74) is 3.90. The van der Waals surface area contributed by atoms with Crippen molar-refractivity contribution in [1.82, 2.24) is 0 Å². The molecule has 76 valence electrons. The highest BCUT2D eigenvalue weighted by Gasteiger charge is 1.96. The van der Waals surface area contributed by atoms with Gasteiger partial charge in [-0.15, -0.1) is 0 Å². The van der Waals surface area contributed by atoms with Gasteiger partial charge >= 0.3 is 0 Å². The Bertz CT molecular complexity index is 403. The van der Waals surface area contributed by atoms with Crippen molar-refractivity contribution in [3.05, 3.63) is 60.2 Å². The van der Waals surface area contributed by atoms with E-state index >= 15 is 0 Å². The van der Waals surface area contributed by atoms with Gasteiger partial charge in [0.1, 0.15) is 0 Å². The summed E-state index contributed by atoms with van der Waals surface area (Å²) in [7, 11) is 0. The van der Waals surface area contributed by atoms with Crippen LogP contribution in [0.5, 0.6) is 0 Å². The first-order valence-electron chi connectivity index (χ1n) is 5.15. The monoisotopic (exact) mass is 214 g/mol. The summed E-state index contributed by atoms with van der Waals surface area (Å²) in [5, 5.41) is 0. The van der Waals surface area contributed by atoms with Crippen LogP contribution in [0.2, 0.25) is 0 Å². The Kier molecular flexibility index (Phi) is 3.46. The maximum Gasteiger partial charge on any atom is -0.00574 e. The number of hydrogen-bond acceptors (Lipinski definition) is 1. The van der Waals surface area contributed by atoms with Crippen molar-refractivity contribution in [3.63, 3.8) is 0 Å². The maximum atomic E-state index is 4.23. The van der Waals surface area contributed by atoms with Crippen LogP contribution in [0.15, 0.2) is 54.6 Å². The van der Waals surface area contributed by atoms with Crippen LogP contribution in [0.4, 0.5) is 0 Å². The lowest BCUT2D eigenvalue weighted by atomic mass is 10.0. The average molecular weight is 214 g/mol. The third kappa shape index (κ3) is 2.63. The molecule has 0 N–H and O–H groups in total. The van der Waals surface area contributed by atoms with Crippen LogP contribution < -0.4 is 0 Å². The molecule has 0 amide bonds. The van der Waals surface area contributed by atoms with Gasteiger partial charge in [0.05, 0.1) is 0 Å². The Morgan fingerprint density at radius 2 is 1.33 bits per heavy atom. The van der Waals surface area contributed by atoms with Crippen molar-refractivity contribution in [2.45, 2.75) is 6.42 Å². The fourth-order valence-corrected chi connectivity index (χ4v) is 1.88. The zero-order valence-electron chi connectivity index (χ0n) is 8.56. The molecule has 0 saturated heterocycles. The Labute approximate surface area is 96.4 Å². The molecule has 0 nitrogen and oxygen atoms in total. The molecule has 0 radical (unpaired) electrons. The van der Waals surface area contributed by atoms with Crippen LogP contribution in [0.1, 0.15) is 5.56 Å². The minimum absolute atomic E-state index is 0.907. The Hall–Kier alpha value is -1.21. The highest BCUT2D eigenvalue weighted by molar-refractivity contribution is 7.80. The van der Waals surface area contributed by atoms with Crippen molar-refractivity contribution >= 4 is 12.6 Å². The lowest BCUT2D eigenvalue weighted by Crippen LogP contribution is -1.85. The standard InChI is InChI=1S/C14H14S/c15-11-10-12-6-8-14(9-7-12)13-4-2-1-3-5-13/h1-9,15H,10-11H2. The molecule has 1 heteroatoms. The third-order valence-electron chi connectivity index (χ3n) is 2.46. The minimum atomic E-state index is 0.907. The first-order chi connectivity index (χ1) is 7.40. The molecule has 0 unspecified atom stereocenters. The molecule has 0 atom stereocenters. The summed E-state index contributed by atoms with van der Waals surface area (Å²) in [4.78, 5) is 0. The fourth-order valence-electron chi connectivity index (χ4n) is 1.62. The van der Waals surface area contributed by atoms with Crippen molar-refractivity contribution in [2.75, 3.05) is 5.75 Å². The number of hydrogen-bond donors (Lipinski definition) is 1. The first kappa shape index (κ1) is 10.3.